The zero-order valence-corrected chi connectivity index (χ0v) is 12.1. The molecule has 0 aromatic rings. The maximum absolute atomic E-state index is 9.57. The minimum Gasteiger partial charge on any atom is -0.367 e. The highest BCUT2D eigenvalue weighted by Crippen LogP contribution is 2.05. The predicted molar refractivity (Wildman–Crippen MR) is 73.1 cm³/mol. The second kappa shape index (κ2) is 9.86. The van der Waals surface area contributed by atoms with E-state index >= 15 is 0 Å². The molecule has 0 amide bonds. The van der Waals surface area contributed by atoms with Gasteiger partial charge in [-0.05, 0) is 27.2 Å². The van der Waals surface area contributed by atoms with Crippen molar-refractivity contribution < 1.29 is 9.84 Å². The molecule has 0 fully saturated rings. The molecule has 0 saturated heterocycles. The number of hydrogen-bond donors (Lipinski definition) is 2. The number of ether oxygens (including phenoxy) is 1. The number of hydrogen-bond acceptors (Lipinski definition) is 3. The second-order valence-electron chi connectivity index (χ2n) is 5.72. The zero-order valence-electron chi connectivity index (χ0n) is 12.1. The van der Waals surface area contributed by atoms with Gasteiger partial charge in [0.15, 0.2) is 6.29 Å². The standard InChI is InChI=1S/C14H31NO2/c1-5-6-7-8-9-10-11-17-13(16)12-15-14(2,3)4/h13,15-16H,5-12H2,1-4H3. The minimum atomic E-state index is -0.676. The molecule has 0 radical (unpaired) electrons. The molecule has 0 spiro atoms. The summed E-state index contributed by atoms with van der Waals surface area (Å²) in [6.07, 6.45) is 6.81. The van der Waals surface area contributed by atoms with Crippen molar-refractivity contribution >= 4 is 0 Å². The minimum absolute atomic E-state index is 0.0322. The molecule has 17 heavy (non-hydrogen) atoms. The van der Waals surface area contributed by atoms with Gasteiger partial charge in [-0.25, -0.2) is 0 Å². The average Bonchev–Trinajstić information content (AvgIpc) is 2.24. The van der Waals surface area contributed by atoms with Crippen molar-refractivity contribution in [1.29, 1.82) is 0 Å². The van der Waals surface area contributed by atoms with Crippen LogP contribution in [0.2, 0.25) is 0 Å². The van der Waals surface area contributed by atoms with Crippen LogP contribution in [0.5, 0.6) is 0 Å². The molecule has 0 rings (SSSR count). The molecule has 0 bridgehead atoms. The smallest absolute Gasteiger partial charge is 0.167 e. The van der Waals surface area contributed by atoms with E-state index in [2.05, 4.69) is 33.0 Å². The Hall–Kier alpha value is -0.120. The van der Waals surface area contributed by atoms with Crippen LogP contribution in [0.3, 0.4) is 0 Å². The first-order valence-electron chi connectivity index (χ1n) is 7.00. The van der Waals surface area contributed by atoms with Crippen molar-refractivity contribution in [2.75, 3.05) is 13.2 Å². The summed E-state index contributed by atoms with van der Waals surface area (Å²) in [5.41, 5.74) is 0.0322. The van der Waals surface area contributed by atoms with Gasteiger partial charge in [0.25, 0.3) is 0 Å². The summed E-state index contributed by atoms with van der Waals surface area (Å²) in [5, 5.41) is 12.8. The van der Waals surface area contributed by atoms with Gasteiger partial charge in [0.05, 0.1) is 0 Å². The number of nitrogens with one attached hydrogen (secondary N) is 1. The zero-order chi connectivity index (χ0) is 13.1. The summed E-state index contributed by atoms with van der Waals surface area (Å²) >= 11 is 0. The van der Waals surface area contributed by atoms with E-state index in [1.165, 1.54) is 32.1 Å². The van der Waals surface area contributed by atoms with E-state index < -0.39 is 6.29 Å². The highest BCUT2D eigenvalue weighted by molar-refractivity contribution is 4.70. The van der Waals surface area contributed by atoms with E-state index in [-0.39, 0.29) is 5.54 Å². The van der Waals surface area contributed by atoms with Crippen molar-refractivity contribution in [3.8, 4) is 0 Å². The molecule has 0 aliphatic heterocycles. The highest BCUT2D eigenvalue weighted by Gasteiger charge is 2.11. The molecule has 0 aromatic heterocycles. The lowest BCUT2D eigenvalue weighted by Crippen LogP contribution is -2.41. The third-order valence-corrected chi connectivity index (χ3v) is 2.62. The Morgan fingerprint density at radius 3 is 2.24 bits per heavy atom. The summed E-state index contributed by atoms with van der Waals surface area (Å²) in [5.74, 6) is 0. The first-order valence-corrected chi connectivity index (χ1v) is 7.00. The van der Waals surface area contributed by atoms with Crippen molar-refractivity contribution in [3.63, 3.8) is 0 Å². The normalized spacial score (nSPS) is 13.9. The van der Waals surface area contributed by atoms with E-state index in [0.717, 1.165) is 6.42 Å². The molecule has 0 aliphatic carbocycles. The number of β-amino-alcohol motifs (C(OH)–C–C–N with tert-alkyl or cyclic N) is 1. The average molecular weight is 245 g/mol. The second-order valence-corrected chi connectivity index (χ2v) is 5.72. The molecule has 1 unspecified atom stereocenters. The maximum Gasteiger partial charge on any atom is 0.167 e. The number of rotatable bonds is 10. The third kappa shape index (κ3) is 13.8. The summed E-state index contributed by atoms with van der Waals surface area (Å²) in [7, 11) is 0. The summed E-state index contributed by atoms with van der Waals surface area (Å²) in [4.78, 5) is 0. The molecule has 1 atom stereocenters. The van der Waals surface area contributed by atoms with Gasteiger partial charge in [-0.15, -0.1) is 0 Å². The molecule has 0 heterocycles. The van der Waals surface area contributed by atoms with Gasteiger partial charge in [-0.1, -0.05) is 39.0 Å². The van der Waals surface area contributed by atoms with Gasteiger partial charge < -0.3 is 15.2 Å². The quantitative estimate of drug-likeness (QED) is 0.459. The first kappa shape index (κ1) is 16.9. The Labute approximate surface area is 107 Å². The van der Waals surface area contributed by atoms with Crippen LogP contribution in [-0.4, -0.2) is 30.1 Å². The van der Waals surface area contributed by atoms with Crippen LogP contribution in [0.25, 0.3) is 0 Å². The fraction of sp³-hybridized carbons (Fsp3) is 1.00. The lowest BCUT2D eigenvalue weighted by molar-refractivity contribution is -0.0991. The lowest BCUT2D eigenvalue weighted by Gasteiger charge is -2.22. The molecular weight excluding hydrogens is 214 g/mol. The van der Waals surface area contributed by atoms with Gasteiger partial charge in [0.1, 0.15) is 0 Å². The summed E-state index contributed by atoms with van der Waals surface area (Å²) < 4.78 is 5.34. The Morgan fingerprint density at radius 2 is 1.65 bits per heavy atom. The number of aliphatic hydroxyl groups excluding tert-OH is 1. The molecule has 0 saturated carbocycles. The van der Waals surface area contributed by atoms with E-state index in [1.807, 2.05) is 0 Å². The SMILES string of the molecule is CCCCCCCCOC(O)CNC(C)(C)C. The van der Waals surface area contributed by atoms with Crippen molar-refractivity contribution in [2.45, 2.75) is 78.0 Å². The highest BCUT2D eigenvalue weighted by atomic mass is 16.6. The molecule has 3 heteroatoms. The van der Waals surface area contributed by atoms with Crippen LogP contribution in [0.15, 0.2) is 0 Å². The fourth-order valence-corrected chi connectivity index (χ4v) is 1.55. The number of unbranched alkanes of at least 4 members (excludes halogenated alkanes) is 5. The Kier molecular flexibility index (Phi) is 9.79. The van der Waals surface area contributed by atoms with Crippen LogP contribution >= 0.6 is 0 Å². The van der Waals surface area contributed by atoms with Crippen LogP contribution in [0, 0.1) is 0 Å². The van der Waals surface area contributed by atoms with Crippen molar-refractivity contribution in [2.24, 2.45) is 0 Å². The monoisotopic (exact) mass is 245 g/mol. The largest absolute Gasteiger partial charge is 0.367 e. The van der Waals surface area contributed by atoms with E-state index in [1.54, 1.807) is 0 Å². The van der Waals surface area contributed by atoms with Gasteiger partial charge in [-0.2, -0.15) is 0 Å². The van der Waals surface area contributed by atoms with Crippen LogP contribution in [0.1, 0.15) is 66.2 Å². The Bertz CT molecular complexity index is 166. The third-order valence-electron chi connectivity index (χ3n) is 2.62. The van der Waals surface area contributed by atoms with Gasteiger partial charge in [0, 0.05) is 18.7 Å². The molecule has 0 aliphatic rings. The van der Waals surface area contributed by atoms with E-state index in [4.69, 9.17) is 4.74 Å². The van der Waals surface area contributed by atoms with Gasteiger partial charge in [-0.3, -0.25) is 0 Å². The molecular formula is C14H31NO2. The van der Waals surface area contributed by atoms with Crippen molar-refractivity contribution in [1.82, 2.24) is 5.32 Å². The summed E-state index contributed by atoms with van der Waals surface area (Å²) in [6.45, 7) is 9.62. The molecule has 2 N–H and O–H groups in total. The van der Waals surface area contributed by atoms with E-state index in [0.29, 0.717) is 13.2 Å². The predicted octanol–water partition coefficient (Wildman–Crippen LogP) is 3.07. The molecule has 0 aromatic carbocycles. The molecule has 104 valence electrons. The summed E-state index contributed by atoms with van der Waals surface area (Å²) in [6, 6.07) is 0. The molecule has 3 nitrogen and oxygen atoms in total. The fourth-order valence-electron chi connectivity index (χ4n) is 1.55. The van der Waals surface area contributed by atoms with Crippen LogP contribution < -0.4 is 5.32 Å². The van der Waals surface area contributed by atoms with Crippen molar-refractivity contribution in [3.05, 3.63) is 0 Å². The maximum atomic E-state index is 9.57. The van der Waals surface area contributed by atoms with Gasteiger partial charge >= 0.3 is 0 Å². The number of aliphatic hydroxyl groups is 1. The lowest BCUT2D eigenvalue weighted by atomic mass is 10.1. The Morgan fingerprint density at radius 1 is 1.06 bits per heavy atom. The topological polar surface area (TPSA) is 41.5 Å². The van der Waals surface area contributed by atoms with Gasteiger partial charge in [0.2, 0.25) is 0 Å². The first-order chi connectivity index (χ1) is 7.95. The Balaban J connectivity index is 3.25. The van der Waals surface area contributed by atoms with Crippen LogP contribution in [0.4, 0.5) is 0 Å². The van der Waals surface area contributed by atoms with Crippen LogP contribution in [-0.2, 0) is 4.74 Å². The van der Waals surface area contributed by atoms with E-state index in [9.17, 15) is 5.11 Å².